The van der Waals surface area contributed by atoms with Gasteiger partial charge in [0.1, 0.15) is 18.1 Å². The number of hydrogen-bond acceptors (Lipinski definition) is 6. The quantitative estimate of drug-likeness (QED) is 0.471. The first-order valence-corrected chi connectivity index (χ1v) is 10.1. The van der Waals surface area contributed by atoms with Crippen molar-refractivity contribution in [1.82, 2.24) is 4.90 Å². The number of halogens is 1. The first-order valence-electron chi connectivity index (χ1n) is 9.19. The number of carbonyl (C=O) groups excluding carboxylic acids is 3. The van der Waals surface area contributed by atoms with Gasteiger partial charge in [0.15, 0.2) is 29.3 Å². The minimum atomic E-state index is -0.574. The Hall–Kier alpha value is -2.62. The number of carbonyl (C=O) groups is 3. The second-order valence-electron chi connectivity index (χ2n) is 6.68. The average molecular weight is 509 g/mol. The molecule has 0 unspecified atom stereocenters. The molecule has 0 saturated carbocycles. The van der Waals surface area contributed by atoms with E-state index < -0.39 is 5.97 Å². The third kappa shape index (κ3) is 4.69. The van der Waals surface area contributed by atoms with Gasteiger partial charge in [-0.25, -0.2) is 4.79 Å². The topological polar surface area (TPSA) is 93.1 Å². The van der Waals surface area contributed by atoms with Crippen LogP contribution in [0.25, 0.3) is 0 Å². The first-order chi connectivity index (χ1) is 14.1. The fraction of sp³-hybridized carbons (Fsp3) is 0.286. The van der Waals surface area contributed by atoms with Crippen molar-refractivity contribution < 1.29 is 27.3 Å². The zero-order valence-electron chi connectivity index (χ0n) is 15.5. The van der Waals surface area contributed by atoms with Crippen LogP contribution in [0.1, 0.15) is 50.3 Å². The van der Waals surface area contributed by atoms with Crippen LogP contribution in [0.2, 0.25) is 0 Å². The number of aldehydes is 1. The smallest absolute Gasteiger partial charge is 0.348 e. The number of benzene rings is 2. The molecule has 7 nitrogen and oxygen atoms in total. The second-order valence-corrected chi connectivity index (χ2v) is 7.12. The average Bonchev–Trinajstić information content (AvgIpc) is 2.77. The van der Waals surface area contributed by atoms with E-state index in [1.807, 2.05) is 0 Å². The van der Waals surface area contributed by atoms with Crippen LogP contribution < -0.4 is 4.74 Å². The van der Waals surface area contributed by atoms with Crippen molar-refractivity contribution in [3.63, 3.8) is 0 Å². The molecule has 1 aliphatic rings. The van der Waals surface area contributed by atoms with Crippen LogP contribution in [0.5, 0.6) is 11.5 Å². The first kappa shape index (κ1) is 21.1. The Labute approximate surface area is 182 Å². The summed E-state index contributed by atoms with van der Waals surface area (Å²) >= 11 is 1.50. The highest BCUT2D eigenvalue weighted by Gasteiger charge is 2.30. The van der Waals surface area contributed by atoms with Crippen molar-refractivity contribution in [2.75, 3.05) is 13.2 Å². The van der Waals surface area contributed by atoms with Gasteiger partial charge in [0.05, 0.1) is 22.7 Å². The summed E-state index contributed by atoms with van der Waals surface area (Å²) in [5.74, 6) is -0.718. The second kappa shape index (κ2) is 9.73. The maximum absolute atomic E-state index is 13.2. The maximum Gasteiger partial charge on any atom is 0.348 e. The van der Waals surface area contributed by atoms with E-state index in [2.05, 4.69) is 0 Å². The van der Waals surface area contributed by atoms with Gasteiger partial charge in [-0.05, 0) is 43.5 Å². The molecule has 1 fully saturated rings. The number of nitrogens with zero attached hydrogens (tertiary/aromatic N) is 1. The summed E-state index contributed by atoms with van der Waals surface area (Å²) in [7, 11) is 0. The third-order valence-electron chi connectivity index (χ3n) is 4.93. The normalized spacial score (nSPS) is 16.2. The van der Waals surface area contributed by atoms with Gasteiger partial charge in [-0.15, -0.1) is 0 Å². The number of phenols is 1. The standard InChI is InChI=1S/C21H20INO6/c22-29-21(27)16-8-2-1-7-15(16)20(26)23-11-4-3-6-14(23)13-28-19-10-5-9-18(25)17(19)12-24/h1-2,5,7-10,12,14,25H,3-4,6,11,13H2/t14-/m0/s1. The minimum absolute atomic E-state index is 0.0799. The summed E-state index contributed by atoms with van der Waals surface area (Å²) in [6.07, 6.45) is 3.07. The molecule has 152 valence electrons. The molecule has 0 bridgehead atoms. The fourth-order valence-electron chi connectivity index (χ4n) is 3.45. The number of phenolic OH excluding ortho intramolecular Hbond substituents is 1. The number of likely N-dealkylation sites (tertiary alicyclic amines) is 1. The molecule has 2 aromatic rings. The summed E-state index contributed by atoms with van der Waals surface area (Å²) < 4.78 is 10.5. The summed E-state index contributed by atoms with van der Waals surface area (Å²) in [6.45, 7) is 0.718. The lowest BCUT2D eigenvalue weighted by molar-refractivity contribution is 0.0521. The lowest BCUT2D eigenvalue weighted by atomic mass is 9.99. The highest BCUT2D eigenvalue weighted by Crippen LogP contribution is 2.27. The van der Waals surface area contributed by atoms with Crippen LogP contribution in [0.3, 0.4) is 0 Å². The number of hydrogen-bond donors (Lipinski definition) is 1. The lowest BCUT2D eigenvalue weighted by Gasteiger charge is -2.36. The van der Waals surface area contributed by atoms with Gasteiger partial charge in [-0.2, -0.15) is 0 Å². The summed E-state index contributed by atoms with van der Waals surface area (Å²) in [5, 5.41) is 9.80. The van der Waals surface area contributed by atoms with Crippen molar-refractivity contribution in [3.8, 4) is 11.5 Å². The molecule has 1 N–H and O–H groups in total. The van der Waals surface area contributed by atoms with Crippen molar-refractivity contribution in [2.24, 2.45) is 0 Å². The summed E-state index contributed by atoms with van der Waals surface area (Å²) in [4.78, 5) is 38.2. The Morgan fingerprint density at radius 2 is 1.90 bits per heavy atom. The molecule has 0 radical (unpaired) electrons. The van der Waals surface area contributed by atoms with E-state index in [0.717, 1.165) is 19.3 Å². The summed E-state index contributed by atoms with van der Waals surface area (Å²) in [6, 6.07) is 10.9. The summed E-state index contributed by atoms with van der Waals surface area (Å²) in [5.41, 5.74) is 0.580. The van der Waals surface area contributed by atoms with Crippen LogP contribution in [0.4, 0.5) is 0 Å². The fourth-order valence-corrected chi connectivity index (χ4v) is 3.69. The molecule has 3 rings (SSSR count). The van der Waals surface area contributed by atoms with Gasteiger partial charge in [0.25, 0.3) is 5.91 Å². The molecule has 1 saturated heterocycles. The third-order valence-corrected chi connectivity index (χ3v) is 5.33. The number of ether oxygens (including phenoxy) is 1. The van der Waals surface area contributed by atoms with Gasteiger partial charge in [0.2, 0.25) is 0 Å². The Bertz CT molecular complexity index is 916. The molecular formula is C21H20INO6. The number of piperidine rings is 1. The Morgan fingerprint density at radius 3 is 2.62 bits per heavy atom. The van der Waals surface area contributed by atoms with Crippen LogP contribution in [-0.2, 0) is 3.07 Å². The zero-order valence-corrected chi connectivity index (χ0v) is 17.7. The van der Waals surface area contributed by atoms with E-state index in [1.54, 1.807) is 41.3 Å². The zero-order chi connectivity index (χ0) is 20.8. The Balaban J connectivity index is 1.80. The SMILES string of the molecule is O=Cc1c(O)cccc1OC[C@@H]1CCCCN1C(=O)c1ccccc1C(=O)OI. The van der Waals surface area contributed by atoms with Crippen molar-refractivity contribution in [1.29, 1.82) is 0 Å². The van der Waals surface area contributed by atoms with Gasteiger partial charge < -0.3 is 17.8 Å². The van der Waals surface area contributed by atoms with E-state index >= 15 is 0 Å². The molecule has 0 aliphatic carbocycles. The molecular weight excluding hydrogens is 489 g/mol. The molecule has 29 heavy (non-hydrogen) atoms. The van der Waals surface area contributed by atoms with Gasteiger partial charge in [-0.3, -0.25) is 9.59 Å². The highest BCUT2D eigenvalue weighted by atomic mass is 127. The monoisotopic (exact) mass is 509 g/mol. The predicted octanol–water partition coefficient (Wildman–Crippen LogP) is 3.79. The van der Waals surface area contributed by atoms with E-state index in [9.17, 15) is 19.5 Å². The van der Waals surface area contributed by atoms with E-state index in [-0.39, 0.29) is 46.7 Å². The number of aromatic hydroxyl groups is 1. The van der Waals surface area contributed by atoms with Crippen LogP contribution in [0.15, 0.2) is 42.5 Å². The molecule has 1 atom stereocenters. The van der Waals surface area contributed by atoms with Crippen molar-refractivity contribution in [3.05, 3.63) is 59.2 Å². The largest absolute Gasteiger partial charge is 0.507 e. The van der Waals surface area contributed by atoms with Gasteiger partial charge in [0, 0.05) is 6.54 Å². The van der Waals surface area contributed by atoms with Gasteiger partial charge in [-0.1, -0.05) is 18.2 Å². The maximum atomic E-state index is 13.2. The molecule has 0 aromatic heterocycles. The predicted molar refractivity (Wildman–Crippen MR) is 114 cm³/mol. The van der Waals surface area contributed by atoms with Crippen molar-refractivity contribution in [2.45, 2.75) is 25.3 Å². The lowest BCUT2D eigenvalue weighted by Crippen LogP contribution is -2.47. The Morgan fingerprint density at radius 1 is 1.14 bits per heavy atom. The number of amides is 1. The molecule has 1 amide bonds. The highest BCUT2D eigenvalue weighted by molar-refractivity contribution is 14.1. The molecule has 0 spiro atoms. The van der Waals surface area contributed by atoms with E-state index in [4.69, 9.17) is 7.80 Å². The van der Waals surface area contributed by atoms with Crippen LogP contribution in [-0.4, -0.2) is 47.4 Å². The molecule has 1 heterocycles. The minimum Gasteiger partial charge on any atom is -0.507 e. The number of rotatable bonds is 6. The molecule has 1 aliphatic heterocycles. The van der Waals surface area contributed by atoms with E-state index in [0.29, 0.717) is 12.8 Å². The Kier molecular flexibility index (Phi) is 7.08. The van der Waals surface area contributed by atoms with Crippen LogP contribution in [0, 0.1) is 0 Å². The van der Waals surface area contributed by atoms with Crippen molar-refractivity contribution >= 4 is 41.2 Å². The molecule has 8 heteroatoms. The van der Waals surface area contributed by atoms with E-state index in [1.165, 1.54) is 29.1 Å². The van der Waals surface area contributed by atoms with Crippen LogP contribution >= 0.6 is 23.0 Å². The van der Waals surface area contributed by atoms with Gasteiger partial charge >= 0.3 is 5.97 Å². The molecule has 2 aromatic carbocycles.